The summed E-state index contributed by atoms with van der Waals surface area (Å²) in [5.41, 5.74) is 1.98. The van der Waals surface area contributed by atoms with Crippen LogP contribution in [0.4, 0.5) is 5.82 Å². The molecule has 2 aromatic carbocycles. The molecule has 0 saturated heterocycles. The predicted molar refractivity (Wildman–Crippen MR) is 122 cm³/mol. The van der Waals surface area contributed by atoms with E-state index in [0.717, 1.165) is 15.8 Å². The molecule has 0 aliphatic carbocycles. The molecule has 31 heavy (non-hydrogen) atoms. The number of nitrogens with one attached hydrogen (secondary N) is 1. The first-order valence-corrected chi connectivity index (χ1v) is 12.1. The minimum atomic E-state index is -3.96. The van der Waals surface area contributed by atoms with E-state index in [1.54, 1.807) is 12.1 Å². The Labute approximate surface area is 187 Å². The van der Waals surface area contributed by atoms with E-state index in [-0.39, 0.29) is 21.6 Å². The number of aromatic nitrogens is 4. The Morgan fingerprint density at radius 1 is 1.10 bits per heavy atom. The van der Waals surface area contributed by atoms with Crippen LogP contribution >= 0.6 is 22.9 Å². The van der Waals surface area contributed by atoms with Crippen molar-refractivity contribution in [3.8, 4) is 0 Å². The molecular weight excluding hydrogens is 454 g/mol. The Balaban J connectivity index is 1.67. The number of halogens is 1. The van der Waals surface area contributed by atoms with Crippen molar-refractivity contribution in [1.82, 2.24) is 19.8 Å². The molecule has 3 heterocycles. The van der Waals surface area contributed by atoms with Gasteiger partial charge in [-0.15, -0.1) is 16.4 Å². The van der Waals surface area contributed by atoms with Crippen LogP contribution in [0.3, 0.4) is 0 Å². The van der Waals surface area contributed by atoms with Gasteiger partial charge in [-0.25, -0.2) is 13.4 Å². The van der Waals surface area contributed by atoms with Gasteiger partial charge in [0.2, 0.25) is 14.9 Å². The minimum absolute atomic E-state index is 0.0367. The van der Waals surface area contributed by atoms with Crippen molar-refractivity contribution < 1.29 is 8.42 Å². The van der Waals surface area contributed by atoms with Crippen LogP contribution < -0.4 is 5.32 Å². The molecule has 3 aromatic heterocycles. The normalized spacial score (nSPS) is 13.0. The molecule has 0 aliphatic heterocycles. The highest BCUT2D eigenvalue weighted by Gasteiger charge is 2.27. The second-order valence-electron chi connectivity index (χ2n) is 6.96. The highest BCUT2D eigenvalue weighted by molar-refractivity contribution is 7.91. The van der Waals surface area contributed by atoms with Crippen LogP contribution in [0.25, 0.3) is 15.9 Å². The summed E-state index contributed by atoms with van der Waals surface area (Å²) in [6, 6.07) is 17.9. The van der Waals surface area contributed by atoms with E-state index in [0.29, 0.717) is 10.8 Å². The Kier molecular flexibility index (Phi) is 4.88. The first-order chi connectivity index (χ1) is 14.9. The van der Waals surface area contributed by atoms with Gasteiger partial charge < -0.3 is 5.32 Å². The highest BCUT2D eigenvalue weighted by Crippen LogP contribution is 2.33. The van der Waals surface area contributed by atoms with Gasteiger partial charge in [0.25, 0.3) is 0 Å². The summed E-state index contributed by atoms with van der Waals surface area (Å²) in [5, 5.41) is 13.5. The van der Waals surface area contributed by atoms with E-state index in [1.807, 2.05) is 48.7 Å². The maximum absolute atomic E-state index is 13.3. The SMILES string of the molecule is C[C@H](Nc1nc2c(S(=O)(=O)c3cccc(Cl)c3)nnn2c2ccsc12)c1ccccc1. The van der Waals surface area contributed by atoms with Gasteiger partial charge in [0, 0.05) is 11.1 Å². The molecule has 0 fully saturated rings. The maximum Gasteiger partial charge on any atom is 0.229 e. The fourth-order valence-electron chi connectivity index (χ4n) is 3.37. The fourth-order valence-corrected chi connectivity index (χ4v) is 5.73. The molecule has 0 radical (unpaired) electrons. The number of nitrogens with zero attached hydrogens (tertiary/aromatic N) is 4. The number of fused-ring (bicyclic) bond motifs is 3. The second kappa shape index (κ2) is 7.60. The first kappa shape index (κ1) is 19.9. The highest BCUT2D eigenvalue weighted by atomic mass is 35.5. The van der Waals surface area contributed by atoms with Crippen molar-refractivity contribution in [2.24, 2.45) is 0 Å². The van der Waals surface area contributed by atoms with Crippen molar-refractivity contribution in [2.75, 3.05) is 5.32 Å². The third kappa shape index (κ3) is 3.44. The Hall–Kier alpha value is -3.01. The average molecular weight is 470 g/mol. The summed E-state index contributed by atoms with van der Waals surface area (Å²) in [4.78, 5) is 4.68. The van der Waals surface area contributed by atoms with E-state index in [1.165, 1.54) is 28.0 Å². The van der Waals surface area contributed by atoms with Gasteiger partial charge in [-0.2, -0.15) is 4.52 Å². The van der Waals surface area contributed by atoms with Crippen molar-refractivity contribution >= 4 is 54.5 Å². The predicted octanol–water partition coefficient (Wildman–Crippen LogP) is 5.00. The fraction of sp³-hybridized carbons (Fsp3) is 0.0952. The molecule has 0 spiro atoms. The maximum atomic E-state index is 13.3. The van der Waals surface area contributed by atoms with Gasteiger partial charge in [0.15, 0.2) is 5.65 Å². The molecule has 0 amide bonds. The second-order valence-corrected chi connectivity index (χ2v) is 10.2. The molecule has 0 saturated carbocycles. The summed E-state index contributed by atoms with van der Waals surface area (Å²) < 4.78 is 28.8. The lowest BCUT2D eigenvalue weighted by Gasteiger charge is -2.15. The average Bonchev–Trinajstić information content (AvgIpc) is 3.42. The van der Waals surface area contributed by atoms with Crippen molar-refractivity contribution in [1.29, 1.82) is 0 Å². The molecular formula is C21H16ClN5O2S2. The molecule has 0 aliphatic rings. The van der Waals surface area contributed by atoms with Gasteiger partial charge in [-0.3, -0.25) is 0 Å². The number of sulfone groups is 1. The summed E-state index contributed by atoms with van der Waals surface area (Å²) in [5.74, 6) is 0.582. The number of thiophene rings is 1. The monoisotopic (exact) mass is 469 g/mol. The van der Waals surface area contributed by atoms with E-state index in [9.17, 15) is 8.42 Å². The summed E-state index contributed by atoms with van der Waals surface area (Å²) in [6.45, 7) is 2.03. The topological polar surface area (TPSA) is 89.2 Å². The van der Waals surface area contributed by atoms with Gasteiger partial charge in [0.1, 0.15) is 5.82 Å². The summed E-state index contributed by atoms with van der Waals surface area (Å²) in [6.07, 6.45) is 0. The molecule has 1 atom stereocenters. The zero-order chi connectivity index (χ0) is 21.6. The molecule has 0 unspecified atom stereocenters. The summed E-state index contributed by atoms with van der Waals surface area (Å²) in [7, 11) is -3.96. The van der Waals surface area contributed by atoms with E-state index < -0.39 is 9.84 Å². The van der Waals surface area contributed by atoms with E-state index >= 15 is 0 Å². The molecule has 1 N–H and O–H groups in total. The van der Waals surface area contributed by atoms with Crippen LogP contribution in [-0.4, -0.2) is 28.2 Å². The van der Waals surface area contributed by atoms with E-state index in [4.69, 9.17) is 11.6 Å². The Morgan fingerprint density at radius 2 is 1.90 bits per heavy atom. The van der Waals surface area contributed by atoms with Crippen molar-refractivity contribution in [2.45, 2.75) is 22.9 Å². The van der Waals surface area contributed by atoms with Crippen LogP contribution in [0.5, 0.6) is 0 Å². The Bertz CT molecular complexity index is 1510. The van der Waals surface area contributed by atoms with Crippen LogP contribution in [0.2, 0.25) is 5.02 Å². The van der Waals surface area contributed by atoms with Gasteiger partial charge in [-0.05, 0) is 42.1 Å². The number of hydrogen-bond donors (Lipinski definition) is 1. The van der Waals surface area contributed by atoms with Crippen LogP contribution in [0.15, 0.2) is 76.0 Å². The Morgan fingerprint density at radius 3 is 2.68 bits per heavy atom. The third-order valence-corrected chi connectivity index (χ3v) is 7.73. The van der Waals surface area contributed by atoms with Crippen molar-refractivity contribution in [3.63, 3.8) is 0 Å². The molecule has 7 nitrogen and oxygen atoms in total. The van der Waals surface area contributed by atoms with Gasteiger partial charge in [0.05, 0.1) is 15.1 Å². The molecule has 5 aromatic rings. The first-order valence-electron chi connectivity index (χ1n) is 9.40. The molecule has 156 valence electrons. The summed E-state index contributed by atoms with van der Waals surface area (Å²) >= 11 is 7.51. The van der Waals surface area contributed by atoms with Crippen molar-refractivity contribution in [3.05, 3.63) is 76.6 Å². The van der Waals surface area contributed by atoms with E-state index in [2.05, 4.69) is 20.6 Å². The van der Waals surface area contributed by atoms with Crippen LogP contribution in [0, 0.1) is 0 Å². The lowest BCUT2D eigenvalue weighted by atomic mass is 10.1. The van der Waals surface area contributed by atoms with Gasteiger partial charge in [-0.1, -0.05) is 53.2 Å². The zero-order valence-electron chi connectivity index (χ0n) is 16.2. The van der Waals surface area contributed by atoms with Crippen LogP contribution in [0.1, 0.15) is 18.5 Å². The lowest BCUT2D eigenvalue weighted by molar-refractivity contribution is 0.592. The van der Waals surface area contributed by atoms with Gasteiger partial charge >= 0.3 is 0 Å². The molecule has 5 rings (SSSR count). The standard InChI is InChI=1S/C21H16ClN5O2S2/c1-13(14-6-3-2-4-7-14)23-19-18-17(10-11-30-18)27-20(24-19)21(25-26-27)31(28,29)16-9-5-8-15(22)12-16/h2-13H,1H3,(H,23,24)/t13-/m0/s1. The quantitative estimate of drug-likeness (QED) is 0.389. The largest absolute Gasteiger partial charge is 0.362 e. The minimum Gasteiger partial charge on any atom is -0.362 e. The zero-order valence-corrected chi connectivity index (χ0v) is 18.6. The van der Waals surface area contributed by atoms with Crippen LogP contribution in [-0.2, 0) is 9.84 Å². The third-order valence-electron chi connectivity index (χ3n) is 4.94. The number of hydrogen-bond acceptors (Lipinski definition) is 7. The number of rotatable bonds is 5. The molecule has 10 heteroatoms. The lowest BCUT2D eigenvalue weighted by Crippen LogP contribution is -2.10. The number of benzene rings is 2. The molecule has 0 bridgehead atoms. The number of anilines is 1. The smallest absolute Gasteiger partial charge is 0.229 e.